The number of terminal acetylenes is 2. The summed E-state index contributed by atoms with van der Waals surface area (Å²) in [6.45, 7) is 5.29. The van der Waals surface area contributed by atoms with Crippen LogP contribution >= 0.6 is 0 Å². The van der Waals surface area contributed by atoms with Crippen molar-refractivity contribution in [1.82, 2.24) is 20.2 Å². The molecule has 0 spiro atoms. The van der Waals surface area contributed by atoms with E-state index in [4.69, 9.17) is 22.6 Å². The van der Waals surface area contributed by atoms with E-state index in [2.05, 4.69) is 34.0 Å². The van der Waals surface area contributed by atoms with Crippen LogP contribution in [-0.4, -0.2) is 70.9 Å². The lowest BCUT2D eigenvalue weighted by molar-refractivity contribution is 0.0200. The fraction of sp³-hybridized carbons (Fsp3) is 0.421. The number of piperidine rings is 1. The summed E-state index contributed by atoms with van der Waals surface area (Å²) >= 11 is 0. The lowest BCUT2D eigenvalue weighted by atomic mass is 9.73. The molecule has 2 N–H and O–H groups in total. The largest absolute Gasteiger partial charge is 0.508 e. The van der Waals surface area contributed by atoms with Crippen LogP contribution in [0.15, 0.2) is 30.3 Å². The summed E-state index contributed by atoms with van der Waals surface area (Å²) in [5, 5.41) is 14.8. The first-order chi connectivity index (χ1) is 23.2. The van der Waals surface area contributed by atoms with E-state index in [0.717, 1.165) is 32.4 Å². The van der Waals surface area contributed by atoms with Crippen LogP contribution < -0.4 is 15.0 Å². The molecule has 0 radical (unpaired) electrons. The third kappa shape index (κ3) is 5.19. The number of aromatic nitrogens is 2. The van der Waals surface area contributed by atoms with Gasteiger partial charge in [0.1, 0.15) is 28.7 Å². The highest BCUT2D eigenvalue weighted by atomic mass is 19.1. The van der Waals surface area contributed by atoms with Crippen molar-refractivity contribution < 1.29 is 23.0 Å². The minimum Gasteiger partial charge on any atom is -0.508 e. The number of nitrogens with zero attached hydrogens (tertiary/aromatic N) is 4. The molecule has 1 aromatic heterocycles. The minimum absolute atomic E-state index is 0.0153. The van der Waals surface area contributed by atoms with E-state index in [0.29, 0.717) is 30.3 Å². The number of phenolic OH excluding ortho intramolecular Hbond substituents is 1. The van der Waals surface area contributed by atoms with Gasteiger partial charge in [-0.05, 0) is 68.3 Å². The number of phenols is 1. The lowest BCUT2D eigenvalue weighted by Gasteiger charge is -2.44. The standard InChI is InChI=1S/C38H36F3N5O2/c1-4-22-12-13-45(25-9-10-25)19-38(22,3)20-48-37-43-35-29(36(44-37)46-17-23-7-8-24(18-46)42-23)16-31(40)33(34(35)41)28-15-26(47)14-21-6-11-30(39)27(5-2)32(21)28/h1-2,6,11,14-16,22-25,42,47H,7-10,12-13,17-20H2,3H3/t22-,23-,24+,38+/m0/s1. The van der Waals surface area contributed by atoms with E-state index in [-0.39, 0.29) is 69.2 Å². The Bertz CT molecular complexity index is 2040. The van der Waals surface area contributed by atoms with E-state index in [1.54, 1.807) is 0 Å². The average molecular weight is 652 g/mol. The molecule has 4 aliphatic rings. The number of rotatable bonds is 6. The van der Waals surface area contributed by atoms with Crippen molar-refractivity contribution >= 4 is 27.5 Å². The maximum Gasteiger partial charge on any atom is 0.319 e. The van der Waals surface area contributed by atoms with Crippen molar-refractivity contribution in [3.63, 3.8) is 0 Å². The Labute approximate surface area is 277 Å². The number of nitrogens with one attached hydrogen (secondary N) is 1. The minimum atomic E-state index is -0.985. The van der Waals surface area contributed by atoms with Gasteiger partial charge < -0.3 is 20.1 Å². The Morgan fingerprint density at radius 1 is 1.02 bits per heavy atom. The van der Waals surface area contributed by atoms with Crippen LogP contribution in [0.3, 0.4) is 0 Å². The summed E-state index contributed by atoms with van der Waals surface area (Å²) in [7, 11) is 0. The third-order valence-electron chi connectivity index (χ3n) is 10.7. The van der Waals surface area contributed by atoms with Gasteiger partial charge in [0, 0.05) is 65.4 Å². The zero-order chi connectivity index (χ0) is 33.3. The molecule has 246 valence electrons. The Hall–Kier alpha value is -4.51. The normalized spacial score (nSPS) is 25.7. The zero-order valence-electron chi connectivity index (χ0n) is 26.7. The summed E-state index contributed by atoms with van der Waals surface area (Å²) in [4.78, 5) is 13.9. The van der Waals surface area contributed by atoms with Crippen molar-refractivity contribution in [3.8, 4) is 47.6 Å². The molecule has 4 fully saturated rings. The van der Waals surface area contributed by atoms with E-state index >= 15 is 8.78 Å². The quantitative estimate of drug-likeness (QED) is 0.248. The van der Waals surface area contributed by atoms with E-state index < -0.39 is 23.0 Å². The highest BCUT2D eigenvalue weighted by Crippen LogP contribution is 2.43. The van der Waals surface area contributed by atoms with Crippen LogP contribution in [0.4, 0.5) is 19.0 Å². The summed E-state index contributed by atoms with van der Waals surface area (Å²) in [6.07, 6.45) is 16.9. The first-order valence-electron chi connectivity index (χ1n) is 16.6. The second kappa shape index (κ2) is 11.6. The molecule has 1 saturated carbocycles. The van der Waals surface area contributed by atoms with Gasteiger partial charge in [0.05, 0.1) is 17.7 Å². The summed E-state index contributed by atoms with van der Waals surface area (Å²) in [6, 6.07) is 7.37. The monoisotopic (exact) mass is 651 g/mol. The number of ether oxygens (including phenoxy) is 1. The number of hydrogen-bond acceptors (Lipinski definition) is 7. The molecular formula is C38H36F3N5O2. The second-order valence-corrected chi connectivity index (χ2v) is 14.1. The number of piperazine rings is 1. The fourth-order valence-electron chi connectivity index (χ4n) is 8.15. The second-order valence-electron chi connectivity index (χ2n) is 14.1. The fourth-order valence-corrected chi connectivity index (χ4v) is 8.15. The number of likely N-dealkylation sites (tertiary alicyclic amines) is 1. The molecule has 0 amide bonds. The molecule has 4 heterocycles. The van der Waals surface area contributed by atoms with Crippen molar-refractivity contribution in [2.75, 3.05) is 37.7 Å². The van der Waals surface area contributed by atoms with Gasteiger partial charge in [0.2, 0.25) is 0 Å². The zero-order valence-corrected chi connectivity index (χ0v) is 26.7. The molecule has 10 heteroatoms. The average Bonchev–Trinajstić information content (AvgIpc) is 3.87. The molecule has 3 aliphatic heterocycles. The highest BCUT2D eigenvalue weighted by molar-refractivity contribution is 6.04. The maximum absolute atomic E-state index is 17.0. The van der Waals surface area contributed by atoms with Crippen molar-refractivity contribution in [2.45, 2.75) is 57.2 Å². The Balaban J connectivity index is 1.27. The third-order valence-corrected chi connectivity index (χ3v) is 10.7. The summed E-state index contributed by atoms with van der Waals surface area (Å²) in [5.41, 5.74) is -1.24. The van der Waals surface area contributed by atoms with Gasteiger partial charge in [0.15, 0.2) is 5.82 Å². The molecule has 3 aromatic carbocycles. The number of benzene rings is 3. The van der Waals surface area contributed by atoms with Crippen LogP contribution in [0.2, 0.25) is 0 Å². The van der Waals surface area contributed by atoms with Gasteiger partial charge in [-0.1, -0.05) is 18.9 Å². The Kier molecular flexibility index (Phi) is 7.43. The van der Waals surface area contributed by atoms with Crippen molar-refractivity contribution in [1.29, 1.82) is 0 Å². The van der Waals surface area contributed by atoms with Gasteiger partial charge in [-0.3, -0.25) is 4.90 Å². The van der Waals surface area contributed by atoms with E-state index in [1.807, 2.05) is 4.90 Å². The SMILES string of the molecule is C#Cc1c(F)ccc2cc(O)cc(-c3c(F)cc4c(N5C[C@H]6CC[C@@H](C5)N6)nc(OC[C@@]5(C)CN(C6CC6)CC[C@@H]5C#C)nc4c3F)c12. The molecule has 4 atom stereocenters. The van der Waals surface area contributed by atoms with Crippen LogP contribution in [-0.2, 0) is 0 Å². The van der Waals surface area contributed by atoms with Crippen LogP contribution in [0.1, 0.15) is 44.6 Å². The predicted molar refractivity (Wildman–Crippen MR) is 179 cm³/mol. The van der Waals surface area contributed by atoms with Gasteiger partial charge in [-0.25, -0.2) is 13.2 Å². The van der Waals surface area contributed by atoms with Crippen LogP contribution in [0.5, 0.6) is 11.8 Å². The summed E-state index contributed by atoms with van der Waals surface area (Å²) < 4.78 is 54.5. The topological polar surface area (TPSA) is 73.8 Å². The molecule has 4 aromatic rings. The molecule has 3 saturated heterocycles. The van der Waals surface area contributed by atoms with Gasteiger partial charge in [0.25, 0.3) is 0 Å². The molecule has 2 bridgehead atoms. The number of halogens is 3. The molecule has 7 nitrogen and oxygen atoms in total. The summed E-state index contributed by atoms with van der Waals surface area (Å²) in [5.74, 6) is 2.79. The number of fused-ring (bicyclic) bond motifs is 4. The Morgan fingerprint density at radius 2 is 1.79 bits per heavy atom. The first-order valence-corrected chi connectivity index (χ1v) is 16.6. The predicted octanol–water partition coefficient (Wildman–Crippen LogP) is 6.00. The van der Waals surface area contributed by atoms with Crippen molar-refractivity contribution in [2.24, 2.45) is 11.3 Å². The molecular weight excluding hydrogens is 615 g/mol. The highest BCUT2D eigenvalue weighted by Gasteiger charge is 2.44. The smallest absolute Gasteiger partial charge is 0.319 e. The Morgan fingerprint density at radius 3 is 2.50 bits per heavy atom. The lowest BCUT2D eigenvalue weighted by Crippen LogP contribution is -2.51. The number of anilines is 1. The first kappa shape index (κ1) is 30.8. The number of hydrogen-bond donors (Lipinski definition) is 2. The van der Waals surface area contributed by atoms with Crippen LogP contribution in [0.25, 0.3) is 32.8 Å². The molecule has 48 heavy (non-hydrogen) atoms. The molecule has 0 unspecified atom stereocenters. The van der Waals surface area contributed by atoms with Gasteiger partial charge in [-0.15, -0.1) is 18.8 Å². The van der Waals surface area contributed by atoms with Crippen LogP contribution in [0, 0.1) is 53.5 Å². The maximum atomic E-state index is 17.0. The molecule has 8 rings (SSSR count). The molecule has 1 aliphatic carbocycles. The van der Waals surface area contributed by atoms with E-state index in [9.17, 15) is 9.50 Å². The number of aromatic hydroxyl groups is 1. The van der Waals surface area contributed by atoms with E-state index in [1.165, 1.54) is 43.2 Å². The van der Waals surface area contributed by atoms with Gasteiger partial charge in [-0.2, -0.15) is 9.97 Å². The van der Waals surface area contributed by atoms with Gasteiger partial charge >= 0.3 is 6.01 Å². The van der Waals surface area contributed by atoms with Crippen molar-refractivity contribution in [3.05, 3.63) is 53.3 Å².